The molecule has 0 saturated carbocycles. The third-order valence-electron chi connectivity index (χ3n) is 9.62. The number of benzene rings is 9. The molecule has 1 heterocycles. The van der Waals surface area contributed by atoms with Crippen LogP contribution in [0.5, 0.6) is 11.5 Å². The SMILES string of the molecule is c1ccc(-c2cc3c4ccccc4c(-c4cc5c(c6ccccc46)-c4cccc6cccc(c46)O5)cc3c3ccccc23)cc1. The van der Waals surface area contributed by atoms with Crippen molar-refractivity contribution in [2.24, 2.45) is 0 Å². The van der Waals surface area contributed by atoms with E-state index in [1.165, 1.54) is 87.2 Å². The Labute approximate surface area is 260 Å². The molecule has 0 saturated heterocycles. The van der Waals surface area contributed by atoms with Crippen LogP contribution in [0.15, 0.2) is 158 Å². The first-order valence-electron chi connectivity index (χ1n) is 15.5. The van der Waals surface area contributed by atoms with Crippen LogP contribution in [0.2, 0.25) is 0 Å². The van der Waals surface area contributed by atoms with Crippen LogP contribution in [0.1, 0.15) is 0 Å². The molecule has 1 nitrogen and oxygen atoms in total. The molecular formula is C44H26O. The average molecular weight is 571 g/mol. The van der Waals surface area contributed by atoms with Gasteiger partial charge in [0.05, 0.1) is 0 Å². The molecule has 0 unspecified atom stereocenters. The molecule has 9 aromatic carbocycles. The van der Waals surface area contributed by atoms with Crippen LogP contribution in [0.4, 0.5) is 0 Å². The van der Waals surface area contributed by atoms with E-state index in [1.54, 1.807) is 0 Å². The van der Waals surface area contributed by atoms with Crippen LogP contribution < -0.4 is 4.74 Å². The first-order chi connectivity index (χ1) is 22.3. The molecule has 45 heavy (non-hydrogen) atoms. The second-order valence-electron chi connectivity index (χ2n) is 12.0. The Hall–Kier alpha value is -5.92. The summed E-state index contributed by atoms with van der Waals surface area (Å²) >= 11 is 0. The monoisotopic (exact) mass is 570 g/mol. The van der Waals surface area contributed by atoms with Crippen molar-refractivity contribution in [3.05, 3.63) is 158 Å². The molecule has 208 valence electrons. The Kier molecular flexibility index (Phi) is 5.06. The third-order valence-corrected chi connectivity index (χ3v) is 9.62. The van der Waals surface area contributed by atoms with E-state index in [0.717, 1.165) is 11.5 Å². The van der Waals surface area contributed by atoms with Crippen molar-refractivity contribution in [1.82, 2.24) is 0 Å². The van der Waals surface area contributed by atoms with Gasteiger partial charge < -0.3 is 4.74 Å². The van der Waals surface area contributed by atoms with Gasteiger partial charge in [-0.2, -0.15) is 0 Å². The van der Waals surface area contributed by atoms with Crippen molar-refractivity contribution in [3.8, 4) is 44.9 Å². The largest absolute Gasteiger partial charge is 0.456 e. The summed E-state index contributed by atoms with van der Waals surface area (Å²) in [5.41, 5.74) is 7.30. The quantitative estimate of drug-likeness (QED) is 0.188. The fourth-order valence-corrected chi connectivity index (χ4v) is 7.68. The fourth-order valence-electron chi connectivity index (χ4n) is 7.68. The van der Waals surface area contributed by atoms with Crippen LogP contribution in [0, 0.1) is 0 Å². The number of rotatable bonds is 2. The summed E-state index contributed by atoms with van der Waals surface area (Å²) in [4.78, 5) is 0. The Morgan fingerprint density at radius 3 is 1.56 bits per heavy atom. The van der Waals surface area contributed by atoms with E-state index in [4.69, 9.17) is 4.74 Å². The van der Waals surface area contributed by atoms with Crippen molar-refractivity contribution in [1.29, 1.82) is 0 Å². The number of ether oxygens (including phenoxy) is 1. The maximum Gasteiger partial charge on any atom is 0.136 e. The lowest BCUT2D eigenvalue weighted by atomic mass is 9.84. The van der Waals surface area contributed by atoms with Crippen molar-refractivity contribution < 1.29 is 4.74 Å². The van der Waals surface area contributed by atoms with Crippen LogP contribution in [-0.4, -0.2) is 0 Å². The second-order valence-corrected chi connectivity index (χ2v) is 12.0. The molecule has 0 N–H and O–H groups in total. The molecule has 0 amide bonds. The van der Waals surface area contributed by atoms with Gasteiger partial charge in [0, 0.05) is 10.9 Å². The van der Waals surface area contributed by atoms with E-state index in [9.17, 15) is 0 Å². The Balaban J connectivity index is 1.33. The molecule has 0 aliphatic carbocycles. The van der Waals surface area contributed by atoms with Gasteiger partial charge in [-0.05, 0) is 101 Å². The van der Waals surface area contributed by atoms with Crippen LogP contribution in [0.25, 0.3) is 87.2 Å². The lowest BCUT2D eigenvalue weighted by molar-refractivity contribution is 0.488. The summed E-state index contributed by atoms with van der Waals surface area (Å²) in [6, 6.07) is 57.3. The number of hydrogen-bond acceptors (Lipinski definition) is 1. The van der Waals surface area contributed by atoms with Gasteiger partial charge in [0.25, 0.3) is 0 Å². The lowest BCUT2D eigenvalue weighted by Crippen LogP contribution is -1.99. The zero-order valence-electron chi connectivity index (χ0n) is 24.4. The Morgan fingerprint density at radius 2 is 0.844 bits per heavy atom. The van der Waals surface area contributed by atoms with Crippen molar-refractivity contribution in [2.75, 3.05) is 0 Å². The minimum atomic E-state index is 0.906. The number of hydrogen-bond donors (Lipinski definition) is 0. The van der Waals surface area contributed by atoms with E-state index in [2.05, 4.69) is 158 Å². The van der Waals surface area contributed by atoms with Gasteiger partial charge >= 0.3 is 0 Å². The third kappa shape index (κ3) is 3.50. The molecule has 0 atom stereocenters. The maximum absolute atomic E-state index is 6.75. The summed E-state index contributed by atoms with van der Waals surface area (Å²) in [7, 11) is 0. The standard InChI is InChI=1S/C44H26O/c1-2-12-27(13-3-1)36-24-37-31-18-6-7-19-32(31)39(25-38(37)30-17-5-4-16-29(30)36)40-26-42-44(34-21-9-8-20-33(34)40)35-22-10-14-28-15-11-23-41(45-42)43(28)35/h1-26H. The lowest BCUT2D eigenvalue weighted by Gasteiger charge is -2.25. The topological polar surface area (TPSA) is 9.23 Å². The van der Waals surface area contributed by atoms with Gasteiger partial charge in [0.1, 0.15) is 11.5 Å². The van der Waals surface area contributed by atoms with Crippen molar-refractivity contribution >= 4 is 53.9 Å². The minimum Gasteiger partial charge on any atom is -0.456 e. The normalized spacial score (nSPS) is 12.2. The average Bonchev–Trinajstić information content (AvgIpc) is 3.11. The highest BCUT2D eigenvalue weighted by Gasteiger charge is 2.25. The van der Waals surface area contributed by atoms with E-state index < -0.39 is 0 Å². The molecule has 0 fully saturated rings. The fraction of sp³-hybridized carbons (Fsp3) is 0. The van der Waals surface area contributed by atoms with Crippen molar-refractivity contribution in [2.45, 2.75) is 0 Å². The first kappa shape index (κ1) is 24.5. The highest BCUT2D eigenvalue weighted by Crippen LogP contribution is 2.52. The van der Waals surface area contributed by atoms with Gasteiger partial charge in [-0.1, -0.05) is 133 Å². The zero-order valence-corrected chi connectivity index (χ0v) is 24.4. The van der Waals surface area contributed by atoms with Gasteiger partial charge in [0.15, 0.2) is 0 Å². The highest BCUT2D eigenvalue weighted by molar-refractivity contribution is 6.25. The molecule has 0 bridgehead atoms. The molecule has 0 aromatic heterocycles. The minimum absolute atomic E-state index is 0.906. The molecule has 0 spiro atoms. The molecule has 1 aliphatic rings. The van der Waals surface area contributed by atoms with Gasteiger partial charge in [0.2, 0.25) is 0 Å². The smallest absolute Gasteiger partial charge is 0.136 e. The van der Waals surface area contributed by atoms with E-state index >= 15 is 0 Å². The first-order valence-corrected chi connectivity index (χ1v) is 15.5. The highest BCUT2D eigenvalue weighted by atomic mass is 16.5. The molecule has 10 rings (SSSR count). The predicted molar refractivity (Wildman–Crippen MR) is 190 cm³/mol. The van der Waals surface area contributed by atoms with E-state index in [0.29, 0.717) is 0 Å². The molecule has 0 radical (unpaired) electrons. The second kappa shape index (κ2) is 9.29. The summed E-state index contributed by atoms with van der Waals surface area (Å²) in [5, 5.41) is 12.4. The summed E-state index contributed by atoms with van der Waals surface area (Å²) in [5.74, 6) is 1.82. The van der Waals surface area contributed by atoms with Crippen molar-refractivity contribution in [3.63, 3.8) is 0 Å². The van der Waals surface area contributed by atoms with Gasteiger partial charge in [-0.3, -0.25) is 0 Å². The molecule has 1 aliphatic heterocycles. The van der Waals surface area contributed by atoms with E-state index in [1.807, 2.05) is 0 Å². The Morgan fingerprint density at radius 1 is 0.311 bits per heavy atom. The molecule has 1 heteroatoms. The van der Waals surface area contributed by atoms with Crippen LogP contribution in [-0.2, 0) is 0 Å². The number of fused-ring (bicyclic) bond motifs is 9. The van der Waals surface area contributed by atoms with E-state index in [-0.39, 0.29) is 0 Å². The zero-order chi connectivity index (χ0) is 29.5. The van der Waals surface area contributed by atoms with Crippen LogP contribution >= 0.6 is 0 Å². The predicted octanol–water partition coefficient (Wildman–Crippen LogP) is 12.6. The molecule has 9 aromatic rings. The summed E-state index contributed by atoms with van der Waals surface area (Å²) < 4.78 is 6.75. The summed E-state index contributed by atoms with van der Waals surface area (Å²) in [6.07, 6.45) is 0. The van der Waals surface area contributed by atoms with Gasteiger partial charge in [-0.25, -0.2) is 0 Å². The Bertz CT molecular complexity index is 2660. The maximum atomic E-state index is 6.75. The summed E-state index contributed by atoms with van der Waals surface area (Å²) in [6.45, 7) is 0. The molecular weight excluding hydrogens is 544 g/mol. The van der Waals surface area contributed by atoms with Gasteiger partial charge in [-0.15, -0.1) is 0 Å². The van der Waals surface area contributed by atoms with Crippen LogP contribution in [0.3, 0.4) is 0 Å².